The van der Waals surface area contributed by atoms with Crippen molar-refractivity contribution in [3.63, 3.8) is 0 Å². The zero-order valence-corrected chi connectivity index (χ0v) is 15.4. The van der Waals surface area contributed by atoms with Crippen molar-refractivity contribution in [1.82, 2.24) is 0 Å². The Kier molecular flexibility index (Phi) is 4.13. The van der Waals surface area contributed by atoms with Gasteiger partial charge in [0.1, 0.15) is 12.2 Å². The molecule has 2 N–H and O–H groups in total. The van der Waals surface area contributed by atoms with Crippen LogP contribution < -0.4 is 0 Å². The molecule has 0 aromatic rings. The van der Waals surface area contributed by atoms with E-state index in [-0.39, 0.29) is 12.0 Å². The smallest absolute Gasteiger partial charge is 0.155 e. The van der Waals surface area contributed by atoms with E-state index in [1.807, 2.05) is 6.08 Å². The zero-order valence-electron chi connectivity index (χ0n) is 15.4. The van der Waals surface area contributed by atoms with E-state index in [9.17, 15) is 9.90 Å². The topological polar surface area (TPSA) is 57.5 Å². The maximum Gasteiger partial charge on any atom is 0.155 e. The van der Waals surface area contributed by atoms with Crippen LogP contribution in [-0.2, 0) is 4.79 Å². The summed E-state index contributed by atoms with van der Waals surface area (Å²) in [5.41, 5.74) is 0.280. The second-order valence-corrected chi connectivity index (χ2v) is 9.17. The molecule has 0 spiro atoms. The van der Waals surface area contributed by atoms with Crippen LogP contribution in [-0.4, -0.2) is 28.2 Å². The first-order valence-electron chi connectivity index (χ1n) is 9.96. The summed E-state index contributed by atoms with van der Waals surface area (Å²) < 4.78 is 0. The summed E-state index contributed by atoms with van der Waals surface area (Å²) in [6.45, 7) is 4.39. The molecule has 0 amide bonds. The highest BCUT2D eigenvalue weighted by Gasteiger charge is 2.63. The molecule has 0 saturated heterocycles. The molecule has 7 atom stereocenters. The predicted molar refractivity (Wildman–Crippen MR) is 96.5 cm³/mol. The van der Waals surface area contributed by atoms with Crippen LogP contribution in [0.1, 0.15) is 58.8 Å². The standard InChI is InChI=1S/C22H30O3/c1-14-12-15-13-16(24)4-5-17(15)18-6-9-21(2)19(20(14)18)7-10-22(21,25)8-3-11-23/h13-14,17-20,23,25H,4-7,9-12H2,1-2H3/t14?,17?,18?,19?,20?,21-,22-/m0/s1. The summed E-state index contributed by atoms with van der Waals surface area (Å²) >= 11 is 0. The van der Waals surface area contributed by atoms with Crippen LogP contribution in [0.25, 0.3) is 0 Å². The van der Waals surface area contributed by atoms with E-state index in [1.165, 1.54) is 5.57 Å². The molecule has 4 aliphatic rings. The number of carbonyl (C=O) groups is 1. The number of aliphatic hydroxyl groups excluding tert-OH is 1. The Labute approximate surface area is 150 Å². The van der Waals surface area contributed by atoms with Crippen molar-refractivity contribution in [3.8, 4) is 11.8 Å². The number of hydrogen-bond acceptors (Lipinski definition) is 3. The number of ketones is 1. The Hall–Kier alpha value is -1.11. The molecular weight excluding hydrogens is 312 g/mol. The minimum Gasteiger partial charge on any atom is -0.384 e. The fraction of sp³-hybridized carbons (Fsp3) is 0.773. The van der Waals surface area contributed by atoms with Gasteiger partial charge in [-0.05, 0) is 74.2 Å². The maximum absolute atomic E-state index is 11.9. The van der Waals surface area contributed by atoms with Gasteiger partial charge in [-0.1, -0.05) is 31.3 Å². The van der Waals surface area contributed by atoms with Crippen LogP contribution in [0.2, 0.25) is 0 Å². The summed E-state index contributed by atoms with van der Waals surface area (Å²) in [6.07, 6.45) is 8.61. The number of allylic oxidation sites excluding steroid dienone is 1. The van der Waals surface area contributed by atoms with E-state index < -0.39 is 5.60 Å². The molecule has 136 valence electrons. The molecule has 0 radical (unpaired) electrons. The lowest BCUT2D eigenvalue weighted by molar-refractivity contribution is -0.117. The first kappa shape index (κ1) is 17.3. The Morgan fingerprint density at radius 2 is 2.08 bits per heavy atom. The van der Waals surface area contributed by atoms with Gasteiger partial charge in [-0.15, -0.1) is 0 Å². The minimum atomic E-state index is -0.955. The van der Waals surface area contributed by atoms with Gasteiger partial charge in [-0.25, -0.2) is 0 Å². The molecular formula is C22H30O3. The van der Waals surface area contributed by atoms with Gasteiger partial charge < -0.3 is 10.2 Å². The Bertz CT molecular complexity index is 668. The normalized spacial score (nSPS) is 48.6. The SMILES string of the molecule is CC1CC2=CC(=O)CCC2C2CC[C@@]3(C)C(CC[C@@]3(O)C#CCO)C12. The van der Waals surface area contributed by atoms with Crippen LogP contribution in [0.15, 0.2) is 11.6 Å². The van der Waals surface area contributed by atoms with Crippen LogP contribution in [0.3, 0.4) is 0 Å². The molecule has 0 heterocycles. The lowest BCUT2D eigenvalue weighted by Crippen LogP contribution is -2.54. The van der Waals surface area contributed by atoms with E-state index in [0.717, 1.165) is 38.5 Å². The molecule has 5 unspecified atom stereocenters. The van der Waals surface area contributed by atoms with Gasteiger partial charge in [0.2, 0.25) is 0 Å². The fourth-order valence-corrected chi connectivity index (χ4v) is 7.00. The largest absolute Gasteiger partial charge is 0.384 e. The second kappa shape index (κ2) is 5.96. The van der Waals surface area contributed by atoms with E-state index in [4.69, 9.17) is 5.11 Å². The number of aliphatic hydroxyl groups is 2. The Morgan fingerprint density at radius 1 is 1.28 bits per heavy atom. The molecule has 3 heteroatoms. The van der Waals surface area contributed by atoms with Gasteiger partial charge in [0.15, 0.2) is 5.78 Å². The Balaban J connectivity index is 1.67. The van der Waals surface area contributed by atoms with E-state index in [0.29, 0.717) is 41.8 Å². The fourth-order valence-electron chi connectivity index (χ4n) is 7.00. The van der Waals surface area contributed by atoms with Crippen molar-refractivity contribution in [2.45, 2.75) is 64.4 Å². The van der Waals surface area contributed by atoms with Gasteiger partial charge in [0.25, 0.3) is 0 Å². The van der Waals surface area contributed by atoms with Gasteiger partial charge in [0.05, 0.1) is 0 Å². The highest BCUT2D eigenvalue weighted by molar-refractivity contribution is 5.91. The predicted octanol–water partition coefficient (Wildman–Crippen LogP) is 3.10. The number of hydrogen-bond donors (Lipinski definition) is 2. The molecule has 0 bridgehead atoms. The first-order valence-corrected chi connectivity index (χ1v) is 9.96. The maximum atomic E-state index is 11.9. The summed E-state index contributed by atoms with van der Waals surface area (Å²) in [5, 5.41) is 20.4. The van der Waals surface area contributed by atoms with Crippen LogP contribution >= 0.6 is 0 Å². The first-order chi connectivity index (χ1) is 11.9. The van der Waals surface area contributed by atoms with Crippen molar-refractivity contribution in [2.75, 3.05) is 6.61 Å². The highest BCUT2D eigenvalue weighted by Crippen LogP contribution is 2.65. The molecule has 0 aliphatic heterocycles. The summed E-state index contributed by atoms with van der Waals surface area (Å²) in [4.78, 5) is 11.9. The molecule has 4 aliphatic carbocycles. The summed E-state index contributed by atoms with van der Waals surface area (Å²) in [7, 11) is 0. The highest BCUT2D eigenvalue weighted by atomic mass is 16.3. The molecule has 3 nitrogen and oxygen atoms in total. The van der Waals surface area contributed by atoms with Crippen molar-refractivity contribution >= 4 is 5.78 Å². The van der Waals surface area contributed by atoms with Crippen molar-refractivity contribution in [3.05, 3.63) is 11.6 Å². The number of carbonyl (C=O) groups excluding carboxylic acids is 1. The lowest BCUT2D eigenvalue weighted by Gasteiger charge is -2.56. The Morgan fingerprint density at radius 3 is 2.84 bits per heavy atom. The summed E-state index contributed by atoms with van der Waals surface area (Å²) in [6, 6.07) is 0. The molecule has 3 saturated carbocycles. The van der Waals surface area contributed by atoms with Crippen LogP contribution in [0.4, 0.5) is 0 Å². The summed E-state index contributed by atoms with van der Waals surface area (Å²) in [5.74, 6) is 9.00. The van der Waals surface area contributed by atoms with Gasteiger partial charge in [0, 0.05) is 11.8 Å². The third kappa shape index (κ3) is 2.45. The van der Waals surface area contributed by atoms with Crippen molar-refractivity contribution in [1.29, 1.82) is 0 Å². The van der Waals surface area contributed by atoms with E-state index in [1.54, 1.807) is 0 Å². The van der Waals surface area contributed by atoms with Gasteiger partial charge >= 0.3 is 0 Å². The van der Waals surface area contributed by atoms with Gasteiger partial charge in [-0.2, -0.15) is 0 Å². The van der Waals surface area contributed by atoms with Gasteiger partial charge in [-0.3, -0.25) is 4.79 Å². The van der Waals surface area contributed by atoms with Crippen molar-refractivity contribution < 1.29 is 15.0 Å². The molecule has 4 rings (SSSR count). The monoisotopic (exact) mass is 342 g/mol. The van der Waals surface area contributed by atoms with E-state index in [2.05, 4.69) is 25.7 Å². The molecule has 0 aromatic heterocycles. The second-order valence-electron chi connectivity index (χ2n) is 9.17. The molecule has 3 fully saturated rings. The third-order valence-electron chi connectivity index (χ3n) is 8.17. The zero-order chi connectivity index (χ0) is 17.8. The van der Waals surface area contributed by atoms with Crippen LogP contribution in [0, 0.1) is 46.8 Å². The van der Waals surface area contributed by atoms with Crippen molar-refractivity contribution in [2.24, 2.45) is 35.0 Å². The van der Waals surface area contributed by atoms with E-state index >= 15 is 0 Å². The minimum absolute atomic E-state index is 0.170. The lowest BCUT2D eigenvalue weighted by atomic mass is 9.48. The average Bonchev–Trinajstić information content (AvgIpc) is 2.84. The molecule has 25 heavy (non-hydrogen) atoms. The molecule has 0 aromatic carbocycles. The van der Waals surface area contributed by atoms with Crippen LogP contribution in [0.5, 0.6) is 0 Å². The number of fused-ring (bicyclic) bond motifs is 5. The number of rotatable bonds is 0. The third-order valence-corrected chi connectivity index (χ3v) is 8.17. The quantitative estimate of drug-likeness (QED) is 0.665. The average molecular weight is 342 g/mol.